The number of ether oxygens (including phenoxy) is 2. The molecular weight excluding hydrogens is 368 g/mol. The molecule has 1 atom stereocenters. The molecule has 2 N–H and O–H groups in total. The van der Waals surface area contributed by atoms with Gasteiger partial charge >= 0.3 is 5.97 Å². The lowest BCUT2D eigenvalue weighted by Crippen LogP contribution is -2.17. The van der Waals surface area contributed by atoms with E-state index < -0.39 is 11.9 Å². The lowest BCUT2D eigenvalue weighted by molar-refractivity contribution is -0.116. The van der Waals surface area contributed by atoms with Crippen molar-refractivity contribution in [2.24, 2.45) is 0 Å². The molecule has 1 aromatic heterocycles. The number of aromatic nitrogens is 1. The largest absolute Gasteiger partial charge is 0.497 e. The number of benzene rings is 2. The van der Waals surface area contributed by atoms with Crippen LogP contribution in [0.3, 0.4) is 0 Å². The number of rotatable bonds is 4. The maximum absolute atomic E-state index is 13.0. The first-order valence-electron chi connectivity index (χ1n) is 9.31. The number of amides is 1. The summed E-state index contributed by atoms with van der Waals surface area (Å²) in [5, 5.41) is 2.94. The van der Waals surface area contributed by atoms with E-state index in [4.69, 9.17) is 9.47 Å². The third-order valence-electron chi connectivity index (χ3n) is 5.32. The van der Waals surface area contributed by atoms with Gasteiger partial charge in [0.15, 0.2) is 0 Å². The number of aryl methyl sites for hydroxylation is 2. The Balaban J connectivity index is 1.97. The van der Waals surface area contributed by atoms with E-state index in [0.717, 1.165) is 33.8 Å². The molecule has 0 fully saturated rings. The number of carbonyl (C=O) groups excluding carboxylic acids is 2. The number of methoxy groups -OCH3 is 2. The molecule has 2 aromatic carbocycles. The maximum atomic E-state index is 13.0. The van der Waals surface area contributed by atoms with E-state index in [-0.39, 0.29) is 5.91 Å². The fraction of sp³-hybridized carbons (Fsp3) is 0.217. The van der Waals surface area contributed by atoms with E-state index in [0.29, 0.717) is 16.8 Å². The molecule has 0 radical (unpaired) electrons. The van der Waals surface area contributed by atoms with Crippen LogP contribution in [0.15, 0.2) is 42.5 Å². The lowest BCUT2D eigenvalue weighted by Gasteiger charge is -2.14. The third kappa shape index (κ3) is 3.06. The maximum Gasteiger partial charge on any atom is 0.340 e. The number of nitrogens with one attached hydrogen (secondary N) is 2. The minimum Gasteiger partial charge on any atom is -0.497 e. The molecule has 6 nitrogen and oxygen atoms in total. The van der Waals surface area contributed by atoms with Crippen molar-refractivity contribution in [3.63, 3.8) is 0 Å². The van der Waals surface area contributed by atoms with Gasteiger partial charge in [0.1, 0.15) is 5.75 Å². The highest BCUT2D eigenvalue weighted by molar-refractivity contribution is 6.08. The summed E-state index contributed by atoms with van der Waals surface area (Å²) >= 11 is 0. The van der Waals surface area contributed by atoms with Crippen LogP contribution >= 0.6 is 0 Å². The van der Waals surface area contributed by atoms with E-state index in [1.807, 2.05) is 56.3 Å². The van der Waals surface area contributed by atoms with Crippen molar-refractivity contribution in [1.82, 2.24) is 4.98 Å². The Labute approximate surface area is 168 Å². The van der Waals surface area contributed by atoms with Crippen molar-refractivity contribution in [2.75, 3.05) is 19.5 Å². The Morgan fingerprint density at radius 3 is 2.41 bits per heavy atom. The molecule has 148 valence electrons. The van der Waals surface area contributed by atoms with Crippen LogP contribution in [0.25, 0.3) is 11.3 Å². The van der Waals surface area contributed by atoms with Crippen molar-refractivity contribution >= 4 is 17.6 Å². The van der Waals surface area contributed by atoms with Gasteiger partial charge in [-0.3, -0.25) is 4.79 Å². The van der Waals surface area contributed by atoms with Gasteiger partial charge in [-0.25, -0.2) is 4.79 Å². The smallest absolute Gasteiger partial charge is 0.340 e. The molecule has 0 bridgehead atoms. The van der Waals surface area contributed by atoms with Gasteiger partial charge in [0.2, 0.25) is 5.91 Å². The van der Waals surface area contributed by atoms with Crippen LogP contribution in [0.4, 0.5) is 5.69 Å². The van der Waals surface area contributed by atoms with E-state index in [1.165, 1.54) is 7.11 Å². The minimum absolute atomic E-state index is 0.162. The number of hydrogen-bond donors (Lipinski definition) is 2. The molecule has 0 saturated heterocycles. The summed E-state index contributed by atoms with van der Waals surface area (Å²) in [5.74, 6) is -0.515. The standard InChI is InChI=1S/C23H22N2O4/c1-12-5-10-17-16(11-12)19(22(26)25-17)20-18(23(27)29-4)13(2)24-21(20)14-6-8-15(28-3)9-7-14/h5-11,19,24H,1-4H3,(H,25,26)/t19-/m0/s1. The van der Waals surface area contributed by atoms with Gasteiger partial charge in [0, 0.05) is 16.9 Å². The van der Waals surface area contributed by atoms with Gasteiger partial charge < -0.3 is 19.8 Å². The average Bonchev–Trinajstić information content (AvgIpc) is 3.22. The van der Waals surface area contributed by atoms with Crippen LogP contribution in [-0.2, 0) is 9.53 Å². The molecule has 0 unspecified atom stereocenters. The van der Waals surface area contributed by atoms with Gasteiger partial charge in [-0.15, -0.1) is 0 Å². The van der Waals surface area contributed by atoms with Crippen LogP contribution < -0.4 is 10.1 Å². The molecule has 0 aliphatic carbocycles. The summed E-state index contributed by atoms with van der Waals surface area (Å²) in [4.78, 5) is 29.0. The number of aromatic amines is 1. The summed E-state index contributed by atoms with van der Waals surface area (Å²) in [6.45, 7) is 3.79. The van der Waals surface area contributed by atoms with E-state index in [1.54, 1.807) is 7.11 Å². The Morgan fingerprint density at radius 1 is 1.03 bits per heavy atom. The predicted molar refractivity (Wildman–Crippen MR) is 111 cm³/mol. The van der Waals surface area contributed by atoms with Crippen LogP contribution in [0.1, 0.15) is 38.7 Å². The minimum atomic E-state index is -0.610. The zero-order chi connectivity index (χ0) is 20.7. The van der Waals surface area contributed by atoms with Crippen molar-refractivity contribution in [2.45, 2.75) is 19.8 Å². The van der Waals surface area contributed by atoms with Crippen LogP contribution in [-0.4, -0.2) is 31.1 Å². The molecule has 1 aliphatic heterocycles. The Kier molecular flexibility index (Phi) is 4.62. The second-order valence-electron chi connectivity index (χ2n) is 7.15. The Bertz CT molecular complexity index is 1110. The fourth-order valence-corrected chi connectivity index (χ4v) is 3.95. The van der Waals surface area contributed by atoms with E-state index in [9.17, 15) is 9.59 Å². The first-order valence-corrected chi connectivity index (χ1v) is 9.31. The second kappa shape index (κ2) is 7.13. The third-order valence-corrected chi connectivity index (χ3v) is 5.32. The summed E-state index contributed by atoms with van der Waals surface area (Å²) in [6.07, 6.45) is 0. The lowest BCUT2D eigenvalue weighted by atomic mass is 9.87. The van der Waals surface area contributed by atoms with Gasteiger partial charge in [-0.1, -0.05) is 17.7 Å². The summed E-state index contributed by atoms with van der Waals surface area (Å²) in [5.41, 5.74) is 5.92. The van der Waals surface area contributed by atoms with Crippen molar-refractivity contribution in [3.8, 4) is 17.0 Å². The van der Waals surface area contributed by atoms with Gasteiger partial charge in [-0.05, 0) is 55.3 Å². The molecule has 4 rings (SSSR count). The fourth-order valence-electron chi connectivity index (χ4n) is 3.95. The normalized spacial score (nSPS) is 15.0. The summed E-state index contributed by atoms with van der Waals surface area (Å²) in [6, 6.07) is 13.3. The van der Waals surface area contributed by atoms with Gasteiger partial charge in [0.05, 0.1) is 31.4 Å². The molecule has 1 aliphatic rings. The first kappa shape index (κ1) is 18.8. The molecule has 0 saturated carbocycles. The number of fused-ring (bicyclic) bond motifs is 1. The van der Waals surface area contributed by atoms with Gasteiger partial charge in [-0.2, -0.15) is 0 Å². The topological polar surface area (TPSA) is 80.4 Å². The number of hydrogen-bond acceptors (Lipinski definition) is 4. The quantitative estimate of drug-likeness (QED) is 0.655. The highest BCUT2D eigenvalue weighted by Gasteiger charge is 2.38. The molecule has 29 heavy (non-hydrogen) atoms. The summed E-state index contributed by atoms with van der Waals surface area (Å²) < 4.78 is 10.3. The zero-order valence-corrected chi connectivity index (χ0v) is 16.8. The summed E-state index contributed by atoms with van der Waals surface area (Å²) in [7, 11) is 2.95. The van der Waals surface area contributed by atoms with Crippen molar-refractivity contribution in [1.29, 1.82) is 0 Å². The molecule has 6 heteroatoms. The van der Waals surface area contributed by atoms with E-state index >= 15 is 0 Å². The van der Waals surface area contributed by atoms with Crippen LogP contribution in [0.5, 0.6) is 5.75 Å². The Hall–Kier alpha value is -3.54. The number of anilines is 1. The van der Waals surface area contributed by atoms with E-state index in [2.05, 4.69) is 10.3 Å². The molecule has 0 spiro atoms. The predicted octanol–water partition coefficient (Wildman–Crippen LogP) is 4.18. The Morgan fingerprint density at radius 2 is 1.76 bits per heavy atom. The molecule has 3 aromatic rings. The molecule has 1 amide bonds. The second-order valence-corrected chi connectivity index (χ2v) is 7.15. The number of H-pyrrole nitrogens is 1. The highest BCUT2D eigenvalue weighted by atomic mass is 16.5. The monoisotopic (exact) mass is 390 g/mol. The SMILES string of the molecule is COC(=O)c1c(C)[nH]c(-c2ccc(OC)cc2)c1[C@H]1C(=O)Nc2ccc(C)cc21. The van der Waals surface area contributed by atoms with Crippen LogP contribution in [0, 0.1) is 13.8 Å². The van der Waals surface area contributed by atoms with Crippen molar-refractivity contribution in [3.05, 3.63) is 70.4 Å². The first-order chi connectivity index (χ1) is 13.9. The highest BCUT2D eigenvalue weighted by Crippen LogP contribution is 2.44. The zero-order valence-electron chi connectivity index (χ0n) is 16.8. The number of esters is 1. The molecular formula is C23H22N2O4. The van der Waals surface area contributed by atoms with Crippen molar-refractivity contribution < 1.29 is 19.1 Å². The number of carbonyl (C=O) groups is 2. The molecule has 2 heterocycles. The average molecular weight is 390 g/mol. The van der Waals surface area contributed by atoms with Crippen LogP contribution in [0.2, 0.25) is 0 Å². The van der Waals surface area contributed by atoms with Gasteiger partial charge in [0.25, 0.3) is 0 Å².